The number of nitrogens with zero attached hydrogens (tertiary/aromatic N) is 3. The van der Waals surface area contributed by atoms with E-state index in [0.29, 0.717) is 32.5 Å². The molecular formula is C16H27N3O5. The molecule has 136 valence electrons. The zero-order valence-corrected chi connectivity index (χ0v) is 14.9. The van der Waals surface area contributed by atoms with E-state index in [1.807, 2.05) is 13.8 Å². The van der Waals surface area contributed by atoms with Gasteiger partial charge in [-0.3, -0.25) is 14.5 Å². The Morgan fingerprint density at radius 2 is 2.08 bits per heavy atom. The number of amides is 4. The van der Waals surface area contributed by atoms with Gasteiger partial charge in [0.1, 0.15) is 6.54 Å². The maximum atomic E-state index is 12.5. The topological polar surface area (TPSA) is 79.4 Å². The molecule has 0 saturated carbocycles. The van der Waals surface area contributed by atoms with Crippen LogP contribution in [0.15, 0.2) is 0 Å². The molecule has 2 saturated heterocycles. The Hall–Kier alpha value is -1.67. The van der Waals surface area contributed by atoms with Crippen LogP contribution in [0.25, 0.3) is 0 Å². The molecule has 0 bridgehead atoms. The number of urea groups is 1. The Morgan fingerprint density at radius 3 is 2.67 bits per heavy atom. The molecule has 0 aliphatic carbocycles. The van der Waals surface area contributed by atoms with Gasteiger partial charge >= 0.3 is 6.03 Å². The van der Waals surface area contributed by atoms with E-state index in [4.69, 9.17) is 9.47 Å². The quantitative estimate of drug-likeness (QED) is 0.650. The highest BCUT2D eigenvalue weighted by atomic mass is 16.5. The summed E-state index contributed by atoms with van der Waals surface area (Å²) in [6, 6.07) is -0.292. The van der Waals surface area contributed by atoms with Gasteiger partial charge in [-0.15, -0.1) is 0 Å². The van der Waals surface area contributed by atoms with Gasteiger partial charge < -0.3 is 19.3 Å². The standard InChI is InChI=1S/C16H27N3O5/c1-16(2)11-18(8-12(24-16)10-23-4)13(20)6-5-7-19-14(21)9-17(3)15(19)22/h12H,5-11H2,1-4H3. The molecule has 2 fully saturated rings. The van der Waals surface area contributed by atoms with E-state index in [1.54, 1.807) is 19.1 Å². The van der Waals surface area contributed by atoms with Crippen LogP contribution in [0.5, 0.6) is 0 Å². The number of carbonyl (C=O) groups is 3. The minimum Gasteiger partial charge on any atom is -0.382 e. The summed E-state index contributed by atoms with van der Waals surface area (Å²) < 4.78 is 11.0. The number of ether oxygens (including phenoxy) is 2. The van der Waals surface area contributed by atoms with Crippen LogP contribution < -0.4 is 0 Å². The van der Waals surface area contributed by atoms with Crippen LogP contribution >= 0.6 is 0 Å². The highest BCUT2D eigenvalue weighted by Gasteiger charge is 2.36. The summed E-state index contributed by atoms with van der Waals surface area (Å²) in [7, 11) is 3.20. The molecule has 8 nitrogen and oxygen atoms in total. The van der Waals surface area contributed by atoms with E-state index in [9.17, 15) is 14.4 Å². The molecule has 24 heavy (non-hydrogen) atoms. The van der Waals surface area contributed by atoms with Crippen molar-refractivity contribution in [3.05, 3.63) is 0 Å². The molecule has 0 radical (unpaired) electrons. The van der Waals surface area contributed by atoms with Gasteiger partial charge in [0.15, 0.2) is 0 Å². The number of hydrogen-bond acceptors (Lipinski definition) is 5. The molecule has 1 atom stereocenters. The summed E-state index contributed by atoms with van der Waals surface area (Å²) in [6.45, 7) is 5.76. The van der Waals surface area contributed by atoms with Crippen molar-refractivity contribution in [2.24, 2.45) is 0 Å². The monoisotopic (exact) mass is 341 g/mol. The zero-order valence-electron chi connectivity index (χ0n) is 14.9. The van der Waals surface area contributed by atoms with Crippen molar-refractivity contribution < 1.29 is 23.9 Å². The molecule has 0 aromatic rings. The van der Waals surface area contributed by atoms with Crippen LogP contribution in [-0.4, -0.2) is 91.2 Å². The molecular weight excluding hydrogens is 314 g/mol. The number of morpholine rings is 1. The van der Waals surface area contributed by atoms with E-state index in [0.717, 1.165) is 0 Å². The van der Waals surface area contributed by atoms with Gasteiger partial charge in [0.2, 0.25) is 11.8 Å². The van der Waals surface area contributed by atoms with Crippen molar-refractivity contribution in [3.8, 4) is 0 Å². The first-order chi connectivity index (χ1) is 11.2. The van der Waals surface area contributed by atoms with Crippen molar-refractivity contribution in [2.75, 3.05) is 46.9 Å². The maximum Gasteiger partial charge on any atom is 0.326 e. The van der Waals surface area contributed by atoms with Gasteiger partial charge in [0.25, 0.3) is 0 Å². The van der Waals surface area contributed by atoms with Crippen molar-refractivity contribution in [3.63, 3.8) is 0 Å². The number of methoxy groups -OCH3 is 1. The average molecular weight is 341 g/mol. The van der Waals surface area contributed by atoms with Gasteiger partial charge in [-0.05, 0) is 20.3 Å². The van der Waals surface area contributed by atoms with E-state index in [-0.39, 0.29) is 37.0 Å². The minimum absolute atomic E-state index is 0.0138. The Balaban J connectivity index is 1.83. The lowest BCUT2D eigenvalue weighted by molar-refractivity contribution is -0.168. The third-order valence-corrected chi connectivity index (χ3v) is 4.19. The molecule has 0 N–H and O–H groups in total. The first-order valence-electron chi connectivity index (χ1n) is 8.23. The molecule has 2 aliphatic heterocycles. The summed E-state index contributed by atoms with van der Waals surface area (Å²) in [6.07, 6.45) is 0.631. The average Bonchev–Trinajstić information content (AvgIpc) is 2.72. The molecule has 1 unspecified atom stereocenters. The number of likely N-dealkylation sites (N-methyl/N-ethyl adjacent to an activating group) is 1. The van der Waals surface area contributed by atoms with Crippen LogP contribution in [0.3, 0.4) is 0 Å². The Labute approximate surface area is 142 Å². The van der Waals surface area contributed by atoms with Crippen molar-refractivity contribution in [2.45, 2.75) is 38.4 Å². The van der Waals surface area contributed by atoms with E-state index in [1.165, 1.54) is 9.80 Å². The second kappa shape index (κ2) is 7.48. The zero-order chi connectivity index (χ0) is 17.9. The maximum absolute atomic E-state index is 12.5. The lowest BCUT2D eigenvalue weighted by Crippen LogP contribution is -2.55. The van der Waals surface area contributed by atoms with Crippen molar-refractivity contribution >= 4 is 17.8 Å². The predicted octanol–water partition coefficient (Wildman–Crippen LogP) is 0.313. The second-order valence-electron chi connectivity index (χ2n) is 7.02. The van der Waals surface area contributed by atoms with E-state index in [2.05, 4.69) is 0 Å². The summed E-state index contributed by atoms with van der Waals surface area (Å²) in [5.41, 5.74) is -0.416. The van der Waals surface area contributed by atoms with Gasteiger partial charge in [-0.25, -0.2) is 4.79 Å². The lowest BCUT2D eigenvalue weighted by Gasteiger charge is -2.42. The fraction of sp³-hybridized carbons (Fsp3) is 0.812. The van der Waals surface area contributed by atoms with Crippen LogP contribution in [-0.2, 0) is 19.1 Å². The van der Waals surface area contributed by atoms with Crippen LogP contribution in [0.2, 0.25) is 0 Å². The van der Waals surface area contributed by atoms with Crippen molar-refractivity contribution in [1.82, 2.24) is 14.7 Å². The largest absolute Gasteiger partial charge is 0.382 e. The highest BCUT2D eigenvalue weighted by Crippen LogP contribution is 2.22. The predicted molar refractivity (Wildman–Crippen MR) is 86.4 cm³/mol. The lowest BCUT2D eigenvalue weighted by atomic mass is 10.0. The third-order valence-electron chi connectivity index (χ3n) is 4.19. The summed E-state index contributed by atoms with van der Waals surface area (Å²) >= 11 is 0. The first-order valence-corrected chi connectivity index (χ1v) is 8.23. The first kappa shape index (κ1) is 18.7. The second-order valence-corrected chi connectivity index (χ2v) is 7.02. The molecule has 2 heterocycles. The van der Waals surface area contributed by atoms with Crippen molar-refractivity contribution in [1.29, 1.82) is 0 Å². The Bertz CT molecular complexity index is 508. The normalized spacial score (nSPS) is 24.0. The van der Waals surface area contributed by atoms with Crippen LogP contribution in [0, 0.1) is 0 Å². The molecule has 2 rings (SSSR count). The minimum atomic E-state index is -0.416. The summed E-state index contributed by atoms with van der Waals surface area (Å²) in [5, 5.41) is 0. The van der Waals surface area contributed by atoms with E-state index < -0.39 is 5.60 Å². The van der Waals surface area contributed by atoms with Gasteiger partial charge in [0, 0.05) is 40.2 Å². The Morgan fingerprint density at radius 1 is 1.38 bits per heavy atom. The number of carbonyl (C=O) groups excluding carboxylic acids is 3. The fourth-order valence-corrected chi connectivity index (χ4v) is 3.19. The number of rotatable bonds is 6. The molecule has 4 amide bonds. The van der Waals surface area contributed by atoms with Gasteiger partial charge in [0.05, 0.1) is 18.3 Å². The summed E-state index contributed by atoms with van der Waals surface area (Å²) in [4.78, 5) is 40.4. The SMILES string of the molecule is COCC1CN(C(=O)CCCN2C(=O)CN(C)C2=O)CC(C)(C)O1. The van der Waals surface area contributed by atoms with Gasteiger partial charge in [-0.2, -0.15) is 0 Å². The smallest absolute Gasteiger partial charge is 0.326 e. The van der Waals surface area contributed by atoms with Gasteiger partial charge in [-0.1, -0.05) is 0 Å². The molecule has 8 heteroatoms. The van der Waals surface area contributed by atoms with Crippen LogP contribution in [0.4, 0.5) is 4.79 Å². The fourth-order valence-electron chi connectivity index (χ4n) is 3.19. The number of imide groups is 1. The molecule has 0 aromatic carbocycles. The number of hydrogen-bond donors (Lipinski definition) is 0. The third kappa shape index (κ3) is 4.45. The Kier molecular flexibility index (Phi) is 5.82. The molecule has 2 aliphatic rings. The molecule has 0 spiro atoms. The van der Waals surface area contributed by atoms with Crippen LogP contribution in [0.1, 0.15) is 26.7 Å². The highest BCUT2D eigenvalue weighted by molar-refractivity contribution is 6.01. The van der Waals surface area contributed by atoms with E-state index >= 15 is 0 Å². The summed E-state index contributed by atoms with van der Waals surface area (Å²) in [5.74, 6) is -0.192. The molecule has 0 aromatic heterocycles.